The molecule has 1 aromatic carbocycles. The molecule has 1 aliphatic rings. The van der Waals surface area contributed by atoms with Crippen molar-refractivity contribution in [3.63, 3.8) is 0 Å². The molecule has 0 saturated heterocycles. The lowest BCUT2D eigenvalue weighted by molar-refractivity contribution is 0.0712. The number of fused-ring (bicyclic) bond motifs is 1. The highest BCUT2D eigenvalue weighted by atomic mass is 16.3. The maximum Gasteiger partial charge on any atom is 0.191 e. The summed E-state index contributed by atoms with van der Waals surface area (Å²) in [6, 6.07) is 9.63. The van der Waals surface area contributed by atoms with E-state index in [4.69, 9.17) is 0 Å². The lowest BCUT2D eigenvalue weighted by atomic mass is 9.87. The number of ketones is 1. The number of hydrogen-bond acceptors (Lipinski definition) is 3. The maximum absolute atomic E-state index is 11.8. The first-order valence-corrected chi connectivity index (χ1v) is 6.01. The average molecular weight is 239 g/mol. The lowest BCUT2D eigenvalue weighted by Crippen LogP contribution is -2.27. The fraction of sp³-hybridized carbons (Fsp3) is 0.200. The van der Waals surface area contributed by atoms with Gasteiger partial charge in [0, 0.05) is 18.0 Å². The zero-order chi connectivity index (χ0) is 12.5. The van der Waals surface area contributed by atoms with Crippen LogP contribution in [0.5, 0.6) is 0 Å². The second kappa shape index (κ2) is 4.35. The van der Waals surface area contributed by atoms with Crippen LogP contribution in [0.2, 0.25) is 0 Å². The molecule has 0 aliphatic heterocycles. The van der Waals surface area contributed by atoms with E-state index in [-0.39, 0.29) is 5.78 Å². The molecular weight excluding hydrogens is 226 g/mol. The van der Waals surface area contributed by atoms with Gasteiger partial charge in [-0.3, -0.25) is 9.78 Å². The van der Waals surface area contributed by atoms with Crippen LogP contribution in [-0.2, 0) is 6.42 Å². The Kier molecular flexibility index (Phi) is 2.68. The Morgan fingerprint density at radius 1 is 1.22 bits per heavy atom. The van der Waals surface area contributed by atoms with Crippen LogP contribution in [0.3, 0.4) is 0 Å². The average Bonchev–Trinajstić information content (AvgIpc) is 2.44. The number of carbonyl (C=O) groups is 1. The Labute approximate surface area is 105 Å². The van der Waals surface area contributed by atoms with E-state index in [2.05, 4.69) is 4.98 Å². The van der Waals surface area contributed by atoms with E-state index in [9.17, 15) is 9.90 Å². The number of pyridine rings is 1. The highest BCUT2D eigenvalue weighted by Crippen LogP contribution is 2.27. The Morgan fingerprint density at radius 3 is 2.89 bits per heavy atom. The molecule has 3 heteroatoms. The zero-order valence-electron chi connectivity index (χ0n) is 9.84. The van der Waals surface area contributed by atoms with Crippen LogP contribution in [0.4, 0.5) is 0 Å². The molecule has 2 aromatic rings. The number of benzene rings is 1. The monoisotopic (exact) mass is 239 g/mol. The highest BCUT2D eigenvalue weighted by Gasteiger charge is 2.25. The van der Waals surface area contributed by atoms with Crippen molar-refractivity contribution in [2.75, 3.05) is 0 Å². The van der Waals surface area contributed by atoms with Crippen LogP contribution >= 0.6 is 0 Å². The van der Waals surface area contributed by atoms with Gasteiger partial charge in [-0.05, 0) is 35.6 Å². The Balaban J connectivity index is 2.05. The Hall–Kier alpha value is -2.00. The van der Waals surface area contributed by atoms with Gasteiger partial charge in [-0.1, -0.05) is 24.3 Å². The van der Waals surface area contributed by atoms with Crippen molar-refractivity contribution in [3.8, 4) is 11.1 Å². The Bertz CT molecular complexity index is 593. The molecule has 0 bridgehead atoms. The molecule has 90 valence electrons. The number of aryl methyl sites for hydroxylation is 1. The molecule has 0 radical (unpaired) electrons. The number of nitrogens with zero attached hydrogens (tertiary/aromatic N) is 1. The molecule has 3 rings (SSSR count). The summed E-state index contributed by atoms with van der Waals surface area (Å²) < 4.78 is 0. The van der Waals surface area contributed by atoms with Crippen molar-refractivity contribution < 1.29 is 9.90 Å². The lowest BCUT2D eigenvalue weighted by Gasteiger charge is -2.20. The minimum Gasteiger partial charge on any atom is -0.385 e. The molecule has 0 amide bonds. The van der Waals surface area contributed by atoms with Crippen molar-refractivity contribution in [2.24, 2.45) is 0 Å². The first-order valence-electron chi connectivity index (χ1n) is 6.01. The molecule has 0 fully saturated rings. The smallest absolute Gasteiger partial charge is 0.191 e. The molecule has 18 heavy (non-hydrogen) atoms. The number of carbonyl (C=O) groups excluding carboxylic acids is 1. The van der Waals surface area contributed by atoms with E-state index < -0.39 is 6.10 Å². The van der Waals surface area contributed by atoms with E-state index in [1.165, 1.54) is 0 Å². The third-order valence-electron chi connectivity index (χ3n) is 3.36. The fourth-order valence-electron chi connectivity index (χ4n) is 2.36. The minimum atomic E-state index is -0.832. The van der Waals surface area contributed by atoms with E-state index in [0.717, 1.165) is 23.1 Å². The molecular formula is C15H13NO2. The van der Waals surface area contributed by atoms with Gasteiger partial charge in [0.2, 0.25) is 0 Å². The van der Waals surface area contributed by atoms with Gasteiger partial charge in [-0.25, -0.2) is 0 Å². The van der Waals surface area contributed by atoms with Crippen LogP contribution in [-0.4, -0.2) is 22.0 Å². The molecule has 1 heterocycles. The molecule has 0 saturated carbocycles. The summed E-state index contributed by atoms with van der Waals surface area (Å²) in [7, 11) is 0. The maximum atomic E-state index is 11.8. The van der Waals surface area contributed by atoms with Gasteiger partial charge in [0.05, 0.1) is 0 Å². The van der Waals surface area contributed by atoms with Crippen molar-refractivity contribution in [1.29, 1.82) is 0 Å². The quantitative estimate of drug-likeness (QED) is 0.830. The molecule has 3 nitrogen and oxygen atoms in total. The number of aliphatic hydroxyl groups excluding tert-OH is 1. The van der Waals surface area contributed by atoms with Gasteiger partial charge >= 0.3 is 0 Å². The number of aliphatic hydroxyl groups is 1. The van der Waals surface area contributed by atoms with Gasteiger partial charge in [0.25, 0.3) is 0 Å². The number of Topliss-reactive ketones (excluding diaryl/α,β-unsaturated/α-hetero) is 1. The molecule has 1 aliphatic carbocycles. The van der Waals surface area contributed by atoms with Crippen LogP contribution in [0.25, 0.3) is 11.1 Å². The third-order valence-corrected chi connectivity index (χ3v) is 3.36. The van der Waals surface area contributed by atoms with Crippen LogP contribution in [0, 0.1) is 0 Å². The predicted octanol–water partition coefficient (Wildman–Crippen LogP) is 2.24. The van der Waals surface area contributed by atoms with Crippen LogP contribution in [0.1, 0.15) is 22.3 Å². The first kappa shape index (κ1) is 11.1. The van der Waals surface area contributed by atoms with E-state index in [1.807, 2.05) is 30.3 Å². The first-order chi connectivity index (χ1) is 8.75. The third kappa shape index (κ3) is 1.83. The molecule has 0 spiro atoms. The topological polar surface area (TPSA) is 50.2 Å². The Morgan fingerprint density at radius 2 is 2.11 bits per heavy atom. The highest BCUT2D eigenvalue weighted by molar-refractivity contribution is 6.02. The summed E-state index contributed by atoms with van der Waals surface area (Å²) in [5, 5.41) is 9.55. The summed E-state index contributed by atoms with van der Waals surface area (Å²) in [5.41, 5.74) is 3.78. The largest absolute Gasteiger partial charge is 0.385 e. The minimum absolute atomic E-state index is 0.158. The SMILES string of the molecule is O=C1c2ccc(-c3cccnc3)cc2CCC1O. The number of aromatic nitrogens is 1. The predicted molar refractivity (Wildman–Crippen MR) is 68.3 cm³/mol. The van der Waals surface area contributed by atoms with Crippen molar-refractivity contribution in [3.05, 3.63) is 53.9 Å². The molecule has 1 unspecified atom stereocenters. The summed E-state index contributed by atoms with van der Waals surface area (Å²) in [6.07, 6.45) is 3.98. The molecule has 1 atom stereocenters. The number of hydrogen-bond donors (Lipinski definition) is 1. The van der Waals surface area contributed by atoms with Crippen molar-refractivity contribution in [1.82, 2.24) is 4.98 Å². The van der Waals surface area contributed by atoms with E-state index >= 15 is 0 Å². The van der Waals surface area contributed by atoms with E-state index in [1.54, 1.807) is 12.4 Å². The van der Waals surface area contributed by atoms with Gasteiger partial charge in [0.15, 0.2) is 5.78 Å². The summed E-state index contributed by atoms with van der Waals surface area (Å²) in [5.74, 6) is -0.158. The second-order valence-electron chi connectivity index (χ2n) is 4.53. The molecule has 1 aromatic heterocycles. The van der Waals surface area contributed by atoms with Crippen LogP contribution < -0.4 is 0 Å². The fourth-order valence-corrected chi connectivity index (χ4v) is 2.36. The van der Waals surface area contributed by atoms with E-state index in [0.29, 0.717) is 12.0 Å². The van der Waals surface area contributed by atoms with Gasteiger partial charge in [-0.2, -0.15) is 0 Å². The number of rotatable bonds is 1. The van der Waals surface area contributed by atoms with Gasteiger partial charge < -0.3 is 5.11 Å². The summed E-state index contributed by atoms with van der Waals surface area (Å²) in [4.78, 5) is 15.9. The summed E-state index contributed by atoms with van der Waals surface area (Å²) >= 11 is 0. The normalized spacial score (nSPS) is 18.5. The van der Waals surface area contributed by atoms with Gasteiger partial charge in [0.1, 0.15) is 6.10 Å². The summed E-state index contributed by atoms with van der Waals surface area (Å²) in [6.45, 7) is 0. The van der Waals surface area contributed by atoms with Crippen LogP contribution in [0.15, 0.2) is 42.7 Å². The zero-order valence-corrected chi connectivity index (χ0v) is 9.84. The van der Waals surface area contributed by atoms with Crippen molar-refractivity contribution >= 4 is 5.78 Å². The second-order valence-corrected chi connectivity index (χ2v) is 4.53. The van der Waals surface area contributed by atoms with Gasteiger partial charge in [-0.15, -0.1) is 0 Å². The van der Waals surface area contributed by atoms with Crippen molar-refractivity contribution in [2.45, 2.75) is 18.9 Å². The molecule has 1 N–H and O–H groups in total. The standard InChI is InChI=1S/C15H13NO2/c17-14-6-4-11-8-10(3-5-13(11)15(14)18)12-2-1-7-16-9-12/h1-3,5,7-9,14,17H,4,6H2.